The highest BCUT2D eigenvalue weighted by Gasteiger charge is 2.40. The van der Waals surface area contributed by atoms with Gasteiger partial charge in [-0.25, -0.2) is 15.0 Å². The Labute approximate surface area is 214 Å². The largest absolute Gasteiger partial charge is 0.494 e. The maximum atomic E-state index is 13.4. The number of ketones is 1. The highest BCUT2D eigenvalue weighted by atomic mass is 16.5. The van der Waals surface area contributed by atoms with E-state index in [1.54, 1.807) is 11.8 Å². The number of rotatable bonds is 8. The summed E-state index contributed by atoms with van der Waals surface area (Å²) in [5, 5.41) is 3.82. The molecule has 4 rings (SSSR count). The molecular weight excluding hydrogens is 476 g/mol. The monoisotopic (exact) mass is 508 g/mol. The number of pyridine rings is 1. The van der Waals surface area contributed by atoms with E-state index in [-0.39, 0.29) is 5.56 Å². The van der Waals surface area contributed by atoms with Crippen LogP contribution in [-0.2, 0) is 9.53 Å². The number of nitrogens with two attached hydrogens (primary N) is 1. The van der Waals surface area contributed by atoms with Crippen molar-refractivity contribution < 1.29 is 19.1 Å². The Morgan fingerprint density at radius 3 is 2.73 bits per heavy atom. The summed E-state index contributed by atoms with van der Waals surface area (Å²) in [5.74, 6) is 0.607. The lowest BCUT2D eigenvalue weighted by Crippen LogP contribution is -2.63. The minimum absolute atomic E-state index is 0.198. The molecule has 2 aliphatic rings. The molecule has 2 aromatic heterocycles. The number of dihydropyridines is 1. The van der Waals surface area contributed by atoms with Crippen molar-refractivity contribution in [2.45, 2.75) is 26.4 Å². The zero-order chi connectivity index (χ0) is 26.6. The number of ether oxygens (including phenoxy) is 2. The van der Waals surface area contributed by atoms with E-state index in [2.05, 4.69) is 30.2 Å². The Kier molecular flexibility index (Phi) is 7.58. The fourth-order valence-corrected chi connectivity index (χ4v) is 4.50. The molecule has 2 aliphatic heterocycles. The minimum atomic E-state index is -0.630. The first-order valence-corrected chi connectivity index (χ1v) is 12.0. The first kappa shape index (κ1) is 25.9. The van der Waals surface area contributed by atoms with Gasteiger partial charge in [0.1, 0.15) is 23.5 Å². The molecule has 0 aromatic carbocycles. The van der Waals surface area contributed by atoms with Crippen LogP contribution in [0.25, 0.3) is 10.9 Å². The number of H-pyrrole nitrogens is 1. The molecule has 4 N–H and O–H groups in total. The highest BCUT2D eigenvalue weighted by Crippen LogP contribution is 2.34. The third-order valence-electron chi connectivity index (χ3n) is 6.44. The molecule has 1 saturated heterocycles. The topological polar surface area (TPSA) is 151 Å². The number of methoxy groups -OCH3 is 1. The Balaban J connectivity index is 1.52. The Hall–Kier alpha value is -4.19. The number of amidine groups is 1. The van der Waals surface area contributed by atoms with Crippen molar-refractivity contribution in [1.29, 1.82) is 0 Å². The molecule has 37 heavy (non-hydrogen) atoms. The second kappa shape index (κ2) is 10.8. The van der Waals surface area contributed by atoms with Crippen LogP contribution in [0.15, 0.2) is 46.5 Å². The van der Waals surface area contributed by atoms with Gasteiger partial charge in [-0.15, -0.1) is 0 Å². The maximum absolute atomic E-state index is 13.4. The first-order valence-electron chi connectivity index (χ1n) is 12.0. The number of hydrogen-bond acceptors (Lipinski definition) is 8. The number of piperazine rings is 1. The number of nitrogens with zero attached hydrogens (tertiary/aromatic N) is 5. The van der Waals surface area contributed by atoms with Crippen LogP contribution >= 0.6 is 0 Å². The molecule has 12 nitrogen and oxygen atoms in total. The van der Waals surface area contributed by atoms with E-state index in [9.17, 15) is 9.59 Å². The van der Waals surface area contributed by atoms with Crippen molar-refractivity contribution in [3.63, 3.8) is 0 Å². The lowest BCUT2D eigenvalue weighted by Gasteiger charge is -2.47. The quantitative estimate of drug-likeness (QED) is 0.211. The van der Waals surface area contributed by atoms with Gasteiger partial charge in [-0.05, 0) is 39.1 Å². The van der Waals surface area contributed by atoms with Gasteiger partial charge in [-0.1, -0.05) is 0 Å². The van der Waals surface area contributed by atoms with Crippen molar-refractivity contribution in [3.05, 3.63) is 42.1 Å². The molecule has 0 saturated carbocycles. The van der Waals surface area contributed by atoms with Gasteiger partial charge in [0.15, 0.2) is 5.82 Å². The third-order valence-corrected chi connectivity index (χ3v) is 6.44. The second-order valence-electron chi connectivity index (χ2n) is 8.77. The number of fused-ring (bicyclic) bond motifs is 1. The fraction of sp³-hybridized carbons (Fsp3) is 0.400. The zero-order valence-corrected chi connectivity index (χ0v) is 21.4. The van der Waals surface area contributed by atoms with E-state index in [0.717, 1.165) is 5.76 Å². The Bertz CT molecular complexity index is 1300. The standard InChI is InChI=1S/C25H32N8O4/c1-5-37-19-7-6-8-31-25(19,3)33-11-9-32(10-12-33)24(35)22(34)17-13-27-21-20(17)18(36-4)14-28-23(21)30-15-29-16(2)26/h6-8,13-15,27,31H,5,9-12H2,1-4H3,(H2,26,28,29,30). The van der Waals surface area contributed by atoms with Crippen LogP contribution in [0.1, 0.15) is 31.1 Å². The number of aliphatic imine (C=N–C) groups is 2. The molecule has 0 radical (unpaired) electrons. The summed E-state index contributed by atoms with van der Waals surface area (Å²) in [6, 6.07) is 0. The predicted molar refractivity (Wildman–Crippen MR) is 141 cm³/mol. The summed E-state index contributed by atoms with van der Waals surface area (Å²) < 4.78 is 11.3. The van der Waals surface area contributed by atoms with Crippen molar-refractivity contribution in [2.75, 3.05) is 39.9 Å². The van der Waals surface area contributed by atoms with Crippen molar-refractivity contribution >= 4 is 40.6 Å². The van der Waals surface area contributed by atoms with Gasteiger partial charge in [0.25, 0.3) is 11.7 Å². The number of carbonyl (C=O) groups is 2. The summed E-state index contributed by atoms with van der Waals surface area (Å²) in [6.07, 6.45) is 9.95. The van der Waals surface area contributed by atoms with Crippen LogP contribution in [-0.4, -0.2) is 89.2 Å². The Morgan fingerprint density at radius 2 is 2.05 bits per heavy atom. The van der Waals surface area contributed by atoms with Crippen LogP contribution in [0.5, 0.6) is 5.75 Å². The Morgan fingerprint density at radius 1 is 1.30 bits per heavy atom. The van der Waals surface area contributed by atoms with Crippen molar-refractivity contribution in [3.8, 4) is 5.75 Å². The molecule has 196 valence electrons. The average Bonchev–Trinajstić information content (AvgIpc) is 3.35. The van der Waals surface area contributed by atoms with Gasteiger partial charge >= 0.3 is 0 Å². The van der Waals surface area contributed by atoms with Gasteiger partial charge in [0, 0.05) is 32.4 Å². The van der Waals surface area contributed by atoms with E-state index < -0.39 is 17.4 Å². The summed E-state index contributed by atoms with van der Waals surface area (Å²) in [7, 11) is 1.48. The number of allylic oxidation sites excluding steroid dienone is 2. The number of hydrogen-bond donors (Lipinski definition) is 3. The second-order valence-corrected chi connectivity index (χ2v) is 8.77. The predicted octanol–water partition coefficient (Wildman–Crippen LogP) is 1.69. The number of carbonyl (C=O) groups excluding carboxylic acids is 2. The van der Waals surface area contributed by atoms with Gasteiger partial charge in [-0.2, -0.15) is 0 Å². The molecule has 12 heteroatoms. The van der Waals surface area contributed by atoms with Crippen molar-refractivity contribution in [1.82, 2.24) is 25.1 Å². The van der Waals surface area contributed by atoms with E-state index in [1.807, 2.05) is 32.2 Å². The summed E-state index contributed by atoms with van der Waals surface area (Å²) >= 11 is 0. The molecule has 1 atom stereocenters. The van der Waals surface area contributed by atoms with Crippen LogP contribution in [0, 0.1) is 0 Å². The smallest absolute Gasteiger partial charge is 0.295 e. The lowest BCUT2D eigenvalue weighted by molar-refractivity contribution is -0.129. The highest BCUT2D eigenvalue weighted by molar-refractivity contribution is 6.45. The number of aromatic amines is 1. The average molecular weight is 509 g/mol. The van der Waals surface area contributed by atoms with E-state index in [1.165, 1.54) is 25.8 Å². The van der Waals surface area contributed by atoms with E-state index >= 15 is 0 Å². The first-order chi connectivity index (χ1) is 17.8. The molecule has 1 unspecified atom stereocenters. The normalized spacial score (nSPS) is 20.7. The molecule has 2 aromatic rings. The fourth-order valence-electron chi connectivity index (χ4n) is 4.50. The van der Waals surface area contributed by atoms with E-state index in [4.69, 9.17) is 15.2 Å². The molecule has 1 amide bonds. The van der Waals surface area contributed by atoms with Crippen LogP contribution in [0.2, 0.25) is 0 Å². The minimum Gasteiger partial charge on any atom is -0.494 e. The van der Waals surface area contributed by atoms with Gasteiger partial charge in [0.05, 0.1) is 42.2 Å². The summed E-state index contributed by atoms with van der Waals surface area (Å²) in [5.41, 5.74) is 5.68. The lowest BCUT2D eigenvalue weighted by atomic mass is 10.0. The molecule has 1 fully saturated rings. The number of aromatic nitrogens is 2. The number of nitrogens with one attached hydrogen (secondary N) is 2. The number of Topliss-reactive ketones (excluding diaryl/α,β-unsaturated/α-hetero) is 1. The van der Waals surface area contributed by atoms with E-state index in [0.29, 0.717) is 61.1 Å². The van der Waals surface area contributed by atoms with Crippen LogP contribution in [0.3, 0.4) is 0 Å². The summed E-state index contributed by atoms with van der Waals surface area (Å²) in [6.45, 7) is 8.13. The molecular formula is C25H32N8O4. The van der Waals surface area contributed by atoms with Crippen LogP contribution in [0.4, 0.5) is 5.82 Å². The molecule has 0 bridgehead atoms. The maximum Gasteiger partial charge on any atom is 0.295 e. The SMILES string of the molecule is CCOC1=CC=CNC1(C)N1CCN(C(=O)C(=O)c2c[nH]c3c(N=CN=C(C)N)ncc(OC)c23)CC1. The third kappa shape index (κ3) is 5.05. The zero-order valence-electron chi connectivity index (χ0n) is 21.4. The summed E-state index contributed by atoms with van der Waals surface area (Å²) in [4.78, 5) is 45.8. The van der Waals surface area contributed by atoms with Gasteiger partial charge in [0.2, 0.25) is 0 Å². The van der Waals surface area contributed by atoms with Gasteiger partial charge in [-0.3, -0.25) is 14.5 Å². The number of amides is 1. The molecule has 0 aliphatic carbocycles. The van der Waals surface area contributed by atoms with Crippen LogP contribution < -0.4 is 15.8 Å². The molecule has 4 heterocycles. The van der Waals surface area contributed by atoms with Crippen molar-refractivity contribution in [2.24, 2.45) is 15.7 Å². The van der Waals surface area contributed by atoms with Gasteiger partial charge < -0.3 is 30.4 Å². The molecule has 0 spiro atoms.